The highest BCUT2D eigenvalue weighted by Gasteiger charge is 2.09. The Kier molecular flexibility index (Phi) is 6.93. The monoisotopic (exact) mass is 326 g/mol. The Labute approximate surface area is 120 Å². The molecule has 0 unspecified atom stereocenters. The predicted octanol–water partition coefficient (Wildman–Crippen LogP) is 2.49. The summed E-state index contributed by atoms with van der Waals surface area (Å²) >= 11 is 3.23. The van der Waals surface area contributed by atoms with E-state index < -0.39 is 5.91 Å². The maximum atomic E-state index is 11.7. The predicted molar refractivity (Wildman–Crippen MR) is 74.1 cm³/mol. The fourth-order valence-corrected chi connectivity index (χ4v) is 1.63. The molecule has 1 heterocycles. The Morgan fingerprint density at radius 3 is 3.05 bits per heavy atom. The molecule has 0 saturated heterocycles. The number of rotatable bonds is 7. The van der Waals surface area contributed by atoms with E-state index in [0.717, 1.165) is 4.47 Å². The van der Waals surface area contributed by atoms with Gasteiger partial charge in [0.2, 0.25) is 0 Å². The second kappa shape index (κ2) is 8.51. The Morgan fingerprint density at radius 2 is 2.47 bits per heavy atom. The summed E-state index contributed by atoms with van der Waals surface area (Å²) in [7, 11) is 0. The topological polar surface area (TPSA) is 75.3 Å². The van der Waals surface area contributed by atoms with E-state index in [4.69, 9.17) is 14.4 Å². The maximum absolute atomic E-state index is 11.7. The first-order chi connectivity index (χ1) is 9.17. The van der Waals surface area contributed by atoms with Crippen LogP contribution in [0.25, 0.3) is 6.08 Å². The van der Waals surface area contributed by atoms with Gasteiger partial charge in [0.05, 0.1) is 4.47 Å². The molecule has 0 radical (unpaired) electrons. The molecule has 0 aliphatic carbocycles. The molecule has 1 aromatic rings. The highest BCUT2D eigenvalue weighted by Crippen LogP contribution is 2.16. The van der Waals surface area contributed by atoms with Crippen LogP contribution in [0.3, 0.4) is 0 Å². The lowest BCUT2D eigenvalue weighted by atomic mass is 10.2. The summed E-state index contributed by atoms with van der Waals surface area (Å²) in [6.45, 7) is 3.63. The van der Waals surface area contributed by atoms with Crippen LogP contribution in [0, 0.1) is 11.3 Å². The van der Waals surface area contributed by atoms with Gasteiger partial charge in [-0.05, 0) is 35.3 Å². The number of furan rings is 1. The van der Waals surface area contributed by atoms with Gasteiger partial charge in [-0.3, -0.25) is 4.79 Å². The Balaban J connectivity index is 2.49. The summed E-state index contributed by atoms with van der Waals surface area (Å²) in [6.07, 6.45) is 3.61. The van der Waals surface area contributed by atoms with Gasteiger partial charge in [-0.1, -0.05) is 0 Å². The SMILES string of the molecule is CCOCCCNC(=O)C(C#N)=Cc1cc(Br)co1. The molecule has 6 heteroatoms. The second-order valence-electron chi connectivity index (χ2n) is 3.64. The summed E-state index contributed by atoms with van der Waals surface area (Å²) < 4.78 is 11.0. The highest BCUT2D eigenvalue weighted by atomic mass is 79.9. The molecule has 102 valence electrons. The molecule has 0 fully saturated rings. The molecule has 0 aliphatic rings. The number of ether oxygens (including phenoxy) is 1. The lowest BCUT2D eigenvalue weighted by Crippen LogP contribution is -2.26. The Bertz CT molecular complexity index is 488. The first-order valence-electron chi connectivity index (χ1n) is 5.89. The van der Waals surface area contributed by atoms with E-state index in [0.29, 0.717) is 31.9 Å². The van der Waals surface area contributed by atoms with Crippen LogP contribution >= 0.6 is 15.9 Å². The number of amides is 1. The molecule has 1 amide bonds. The van der Waals surface area contributed by atoms with Crippen molar-refractivity contribution in [3.05, 3.63) is 28.1 Å². The molecule has 1 rings (SSSR count). The summed E-state index contributed by atoms with van der Waals surface area (Å²) in [4.78, 5) is 11.7. The van der Waals surface area contributed by atoms with Crippen molar-refractivity contribution in [2.75, 3.05) is 19.8 Å². The number of carbonyl (C=O) groups is 1. The minimum Gasteiger partial charge on any atom is -0.464 e. The number of hydrogen-bond acceptors (Lipinski definition) is 4. The van der Waals surface area contributed by atoms with E-state index in [1.807, 2.05) is 13.0 Å². The molecule has 0 spiro atoms. The van der Waals surface area contributed by atoms with Crippen molar-refractivity contribution in [3.63, 3.8) is 0 Å². The molecule has 1 aromatic heterocycles. The van der Waals surface area contributed by atoms with E-state index in [2.05, 4.69) is 21.2 Å². The van der Waals surface area contributed by atoms with Gasteiger partial charge < -0.3 is 14.5 Å². The van der Waals surface area contributed by atoms with E-state index in [9.17, 15) is 4.79 Å². The second-order valence-corrected chi connectivity index (χ2v) is 4.56. The van der Waals surface area contributed by atoms with Crippen LogP contribution in [0.4, 0.5) is 0 Å². The zero-order valence-electron chi connectivity index (χ0n) is 10.6. The number of nitriles is 1. The zero-order valence-corrected chi connectivity index (χ0v) is 12.2. The normalized spacial score (nSPS) is 11.1. The quantitative estimate of drug-likeness (QED) is 0.474. The van der Waals surface area contributed by atoms with E-state index in [1.165, 1.54) is 12.3 Å². The molecule has 0 bridgehead atoms. The van der Waals surface area contributed by atoms with Crippen LogP contribution < -0.4 is 5.32 Å². The van der Waals surface area contributed by atoms with Gasteiger partial charge in [-0.25, -0.2) is 0 Å². The van der Waals surface area contributed by atoms with Gasteiger partial charge in [0.15, 0.2) is 0 Å². The van der Waals surface area contributed by atoms with Gasteiger partial charge >= 0.3 is 0 Å². The fraction of sp³-hybridized carbons (Fsp3) is 0.385. The van der Waals surface area contributed by atoms with E-state index in [1.54, 1.807) is 6.07 Å². The standard InChI is InChI=1S/C13H15BrN2O3/c1-2-18-5-3-4-16-13(17)10(8-15)6-12-7-11(14)9-19-12/h6-7,9H,2-5H2,1H3,(H,16,17). The minimum atomic E-state index is -0.411. The van der Waals surface area contributed by atoms with Crippen LogP contribution in [0.15, 0.2) is 26.8 Å². The van der Waals surface area contributed by atoms with Crippen molar-refractivity contribution in [2.24, 2.45) is 0 Å². The van der Waals surface area contributed by atoms with Crippen molar-refractivity contribution < 1.29 is 13.9 Å². The van der Waals surface area contributed by atoms with Crippen LogP contribution in [-0.2, 0) is 9.53 Å². The van der Waals surface area contributed by atoms with Crippen molar-refractivity contribution in [1.29, 1.82) is 5.26 Å². The molecule has 1 N–H and O–H groups in total. The molecule has 0 saturated carbocycles. The van der Waals surface area contributed by atoms with Crippen molar-refractivity contribution in [3.8, 4) is 6.07 Å². The van der Waals surface area contributed by atoms with Gasteiger partial charge in [0.25, 0.3) is 5.91 Å². The third-order valence-electron chi connectivity index (χ3n) is 2.19. The molecule has 0 aromatic carbocycles. The van der Waals surface area contributed by atoms with Crippen molar-refractivity contribution in [2.45, 2.75) is 13.3 Å². The first-order valence-corrected chi connectivity index (χ1v) is 6.68. The number of halogens is 1. The highest BCUT2D eigenvalue weighted by molar-refractivity contribution is 9.10. The fourth-order valence-electron chi connectivity index (χ4n) is 1.31. The number of hydrogen-bond donors (Lipinski definition) is 1. The molecule has 0 aliphatic heterocycles. The zero-order chi connectivity index (χ0) is 14.1. The third-order valence-corrected chi connectivity index (χ3v) is 2.61. The maximum Gasteiger partial charge on any atom is 0.262 e. The molecule has 5 nitrogen and oxygen atoms in total. The van der Waals surface area contributed by atoms with Crippen molar-refractivity contribution >= 4 is 27.9 Å². The van der Waals surface area contributed by atoms with Gasteiger partial charge in [0.1, 0.15) is 23.7 Å². The lowest BCUT2D eigenvalue weighted by Gasteiger charge is -2.03. The summed E-state index contributed by atoms with van der Waals surface area (Å²) in [6, 6.07) is 3.53. The Hall–Kier alpha value is -1.58. The molecule has 19 heavy (non-hydrogen) atoms. The third kappa shape index (κ3) is 5.73. The van der Waals surface area contributed by atoms with Crippen LogP contribution in [0.2, 0.25) is 0 Å². The first kappa shape index (κ1) is 15.5. The van der Waals surface area contributed by atoms with E-state index in [-0.39, 0.29) is 5.57 Å². The van der Waals surface area contributed by atoms with Crippen LogP contribution in [0.5, 0.6) is 0 Å². The van der Waals surface area contributed by atoms with Gasteiger partial charge in [0, 0.05) is 25.8 Å². The smallest absolute Gasteiger partial charge is 0.262 e. The van der Waals surface area contributed by atoms with E-state index >= 15 is 0 Å². The molecular weight excluding hydrogens is 312 g/mol. The number of carbonyl (C=O) groups excluding carboxylic acids is 1. The Morgan fingerprint density at radius 1 is 1.68 bits per heavy atom. The van der Waals surface area contributed by atoms with Gasteiger partial charge in [-0.2, -0.15) is 5.26 Å². The molecule has 0 atom stereocenters. The van der Waals surface area contributed by atoms with Gasteiger partial charge in [-0.15, -0.1) is 0 Å². The summed E-state index contributed by atoms with van der Waals surface area (Å²) in [5.74, 6) is 0.0411. The van der Waals surface area contributed by atoms with Crippen molar-refractivity contribution in [1.82, 2.24) is 5.32 Å². The number of nitrogens with one attached hydrogen (secondary N) is 1. The summed E-state index contributed by atoms with van der Waals surface area (Å²) in [5.41, 5.74) is 0.0123. The summed E-state index contributed by atoms with van der Waals surface area (Å²) in [5, 5.41) is 11.6. The lowest BCUT2D eigenvalue weighted by molar-refractivity contribution is -0.117. The minimum absolute atomic E-state index is 0.0123. The van der Waals surface area contributed by atoms with Crippen LogP contribution in [-0.4, -0.2) is 25.7 Å². The largest absolute Gasteiger partial charge is 0.464 e. The molecular formula is C13H15BrN2O3. The average molecular weight is 327 g/mol. The van der Waals surface area contributed by atoms with Crippen LogP contribution in [0.1, 0.15) is 19.1 Å². The number of nitrogens with zero attached hydrogens (tertiary/aromatic N) is 1. The average Bonchev–Trinajstić information content (AvgIpc) is 2.81.